The van der Waals surface area contributed by atoms with Gasteiger partial charge in [-0.2, -0.15) is 12.1 Å². The van der Waals surface area contributed by atoms with E-state index in [1.807, 2.05) is 36.5 Å². The number of rotatable bonds is 7. The molecule has 0 N–H and O–H groups in total. The maximum Gasteiger partial charge on any atom is 0.268 e. The molecule has 0 saturated heterocycles. The number of nitrogens with zero attached hydrogens (tertiary/aromatic N) is 5. The second kappa shape index (κ2) is 17.0. The number of ether oxygens (including phenoxy) is 3. The van der Waals surface area contributed by atoms with Gasteiger partial charge in [-0.05, 0) is 98.4 Å². The van der Waals surface area contributed by atoms with Gasteiger partial charge in [-0.1, -0.05) is 147 Å². The summed E-state index contributed by atoms with van der Waals surface area (Å²) < 4.78 is 27.7. The summed E-state index contributed by atoms with van der Waals surface area (Å²) in [4.78, 5) is 7.38. The van der Waals surface area contributed by atoms with E-state index in [0.29, 0.717) is 11.5 Å². The third kappa shape index (κ3) is 6.48. The minimum Gasteiger partial charge on any atom is -0.510 e. The molecule has 3 aromatic heterocycles. The van der Waals surface area contributed by atoms with E-state index in [1.165, 1.54) is 5.56 Å². The second-order valence-electron chi connectivity index (χ2n) is 21.0. The Morgan fingerprint density at radius 2 is 1.24 bits per heavy atom. The van der Waals surface area contributed by atoms with Crippen molar-refractivity contribution in [1.29, 1.82) is 0 Å². The van der Waals surface area contributed by atoms with Crippen molar-refractivity contribution in [2.45, 2.75) is 19.3 Å². The molecule has 376 valence electrons. The van der Waals surface area contributed by atoms with Gasteiger partial charge in [0.1, 0.15) is 28.6 Å². The van der Waals surface area contributed by atoms with Crippen molar-refractivity contribution < 1.29 is 39.8 Å². The first-order valence-corrected chi connectivity index (χ1v) is 26.4. The van der Waals surface area contributed by atoms with Gasteiger partial charge in [-0.25, -0.2) is 4.98 Å². The number of imidazole rings is 1. The molecule has 0 saturated carbocycles. The predicted octanol–water partition coefficient (Wildman–Crippen LogP) is 14.1. The van der Waals surface area contributed by atoms with E-state index in [-0.39, 0.29) is 33.2 Å². The average Bonchev–Trinajstić information content (AvgIpc) is 3.28. The van der Waals surface area contributed by atoms with Gasteiger partial charge >= 0.3 is 0 Å². The number of hydrogen-bond acceptors (Lipinski definition) is 5. The van der Waals surface area contributed by atoms with Gasteiger partial charge < -0.3 is 28.2 Å². The SMILES string of the molecule is CC1(C)c2ccc(Oc3[c-]c(-n4c5cc6c7c(c5c5cccnc54)Oc4cccc5c4B7c4c(cccc4N5c4ccccc4)O6)ccc3)[c-]c2-n2[c-][n+](-c3c(-c4ccccc4)cccc3-c3ccccc3)c3cccc1c32.[Pt]. The Kier molecular flexibility index (Phi) is 9.86. The molecule has 0 fully saturated rings. The monoisotopic (exact) mass is 1190 g/mol. The van der Waals surface area contributed by atoms with Gasteiger partial charge in [0.25, 0.3) is 13.0 Å². The van der Waals surface area contributed by atoms with Gasteiger partial charge in [0.2, 0.25) is 0 Å². The van der Waals surface area contributed by atoms with Crippen LogP contribution in [0, 0.1) is 18.5 Å². The van der Waals surface area contributed by atoms with Crippen molar-refractivity contribution in [3.8, 4) is 73.8 Å². The molecule has 4 aliphatic rings. The molecule has 0 spiro atoms. The Labute approximate surface area is 470 Å². The van der Waals surface area contributed by atoms with Crippen LogP contribution < -0.4 is 40.1 Å². The molecular formula is C69H42BN5O3Pt-2. The van der Waals surface area contributed by atoms with Crippen LogP contribution in [0.4, 0.5) is 17.1 Å². The standard InChI is InChI=1S/C69H42BN5O3.Pt/c1-69(2)51-36-35-47(39-56(51)73-41-72(55-32-14-29-52(69)66(55)73)65-48(42-18-6-3-7-19-42)26-13-27-49(65)43-20-8-4-9-21-43)76-46-25-12-24-45(38-46)75-57-40-60-64-67(61(57)50-28-17-37-71-68(50)75)78-59-34-16-31-54-63(59)70(64)62-53(30-15-33-58(62)77-60)74(54)44-22-10-5-11-23-44;/h3-37,40H,1-2H3;/q-2;. The van der Waals surface area contributed by atoms with E-state index in [0.717, 1.165) is 134 Å². The van der Waals surface area contributed by atoms with E-state index in [4.69, 9.17) is 19.2 Å². The first-order valence-electron chi connectivity index (χ1n) is 26.4. The van der Waals surface area contributed by atoms with E-state index in [1.54, 1.807) is 0 Å². The molecule has 0 bridgehead atoms. The Morgan fingerprint density at radius 3 is 1.97 bits per heavy atom. The quantitative estimate of drug-likeness (QED) is 0.0904. The fourth-order valence-electron chi connectivity index (χ4n) is 13.1. The first-order chi connectivity index (χ1) is 38.5. The summed E-state index contributed by atoms with van der Waals surface area (Å²) in [6, 6.07) is 81.6. The molecule has 0 atom stereocenters. The van der Waals surface area contributed by atoms with Gasteiger partial charge in [0.15, 0.2) is 0 Å². The van der Waals surface area contributed by atoms with Gasteiger partial charge in [0.05, 0.1) is 27.6 Å². The molecule has 79 heavy (non-hydrogen) atoms. The Morgan fingerprint density at radius 1 is 0.582 bits per heavy atom. The zero-order chi connectivity index (χ0) is 51.4. The maximum atomic E-state index is 7.20. The van der Waals surface area contributed by atoms with Gasteiger partial charge in [0, 0.05) is 72.7 Å². The molecule has 17 rings (SSSR count). The van der Waals surface area contributed by atoms with E-state index in [2.05, 4.69) is 233 Å². The molecule has 10 aromatic carbocycles. The number of fused-ring (bicyclic) bond motifs is 6. The van der Waals surface area contributed by atoms with Crippen LogP contribution in [0.15, 0.2) is 219 Å². The second-order valence-corrected chi connectivity index (χ2v) is 21.0. The minimum atomic E-state index is -0.360. The molecule has 0 aliphatic carbocycles. The van der Waals surface area contributed by atoms with E-state index >= 15 is 0 Å². The number of anilines is 3. The fraction of sp³-hybridized carbons (Fsp3) is 0.0435. The van der Waals surface area contributed by atoms with Crippen LogP contribution in [0.2, 0.25) is 0 Å². The molecular weight excluding hydrogens is 1150 g/mol. The Hall–Kier alpha value is -9.43. The van der Waals surface area contributed by atoms with Crippen LogP contribution in [0.5, 0.6) is 34.5 Å². The van der Waals surface area contributed by atoms with E-state index < -0.39 is 0 Å². The predicted molar refractivity (Wildman–Crippen MR) is 309 cm³/mol. The fourth-order valence-corrected chi connectivity index (χ4v) is 13.1. The van der Waals surface area contributed by atoms with Gasteiger partial charge in [-0.15, -0.1) is 35.9 Å². The van der Waals surface area contributed by atoms with Gasteiger partial charge in [-0.3, -0.25) is 4.57 Å². The largest absolute Gasteiger partial charge is 0.510 e. The Bertz CT molecular complexity index is 4630. The third-order valence-electron chi connectivity index (χ3n) is 16.4. The molecule has 4 aliphatic heterocycles. The molecule has 10 heteroatoms. The van der Waals surface area contributed by atoms with Crippen molar-refractivity contribution in [3.63, 3.8) is 0 Å². The zero-order valence-electron chi connectivity index (χ0n) is 42.6. The topological polar surface area (TPSA) is 57.6 Å². The molecule has 7 heterocycles. The first kappa shape index (κ1) is 45.7. The molecule has 8 nitrogen and oxygen atoms in total. The van der Waals surface area contributed by atoms with Crippen molar-refractivity contribution >= 4 is 73.1 Å². The summed E-state index contributed by atoms with van der Waals surface area (Å²) in [5.74, 6) is 4.28. The average molecular weight is 1200 g/mol. The number of benzene rings is 10. The molecule has 0 radical (unpaired) electrons. The van der Waals surface area contributed by atoms with Crippen LogP contribution in [-0.2, 0) is 26.5 Å². The zero-order valence-corrected chi connectivity index (χ0v) is 44.9. The number of hydrogen-bond donors (Lipinski definition) is 0. The summed E-state index contributed by atoms with van der Waals surface area (Å²) in [6.07, 6.45) is 5.72. The minimum absolute atomic E-state index is 0. The summed E-state index contributed by atoms with van der Waals surface area (Å²) >= 11 is 0. The molecule has 0 unspecified atom stereocenters. The number of pyridine rings is 1. The van der Waals surface area contributed by atoms with Crippen molar-refractivity contribution in [3.05, 3.63) is 248 Å². The van der Waals surface area contributed by atoms with Crippen molar-refractivity contribution in [2.24, 2.45) is 0 Å². The van der Waals surface area contributed by atoms with Crippen LogP contribution in [-0.4, -0.2) is 20.8 Å². The smallest absolute Gasteiger partial charge is 0.268 e. The van der Waals surface area contributed by atoms with Crippen LogP contribution >= 0.6 is 0 Å². The van der Waals surface area contributed by atoms with Crippen molar-refractivity contribution in [1.82, 2.24) is 14.1 Å². The Balaban J connectivity index is 0.00000520. The third-order valence-corrected chi connectivity index (χ3v) is 16.4. The number of para-hydroxylation sites is 3. The molecule has 0 amide bonds. The molecule has 13 aromatic rings. The van der Waals surface area contributed by atoms with Crippen molar-refractivity contribution in [2.75, 3.05) is 4.90 Å². The van der Waals surface area contributed by atoms with E-state index in [9.17, 15) is 0 Å². The summed E-state index contributed by atoms with van der Waals surface area (Å²) in [5, 5.41) is 1.92. The summed E-state index contributed by atoms with van der Waals surface area (Å²) in [6.45, 7) is 4.48. The summed E-state index contributed by atoms with van der Waals surface area (Å²) in [5.41, 5.74) is 19.5. The summed E-state index contributed by atoms with van der Waals surface area (Å²) in [7, 11) is 0. The van der Waals surface area contributed by atoms with Crippen LogP contribution in [0.25, 0.3) is 72.3 Å². The maximum absolute atomic E-state index is 7.20. The van der Waals surface area contributed by atoms with Crippen LogP contribution in [0.1, 0.15) is 25.0 Å². The normalized spacial score (nSPS) is 13.6. The number of aromatic nitrogens is 4. The van der Waals surface area contributed by atoms with Crippen LogP contribution in [0.3, 0.4) is 0 Å².